The third kappa shape index (κ3) is 4.23. The standard InChI is InChI=1S/C6H15NO5S/c7-12-1-3(8)5(10)6(11)4(9)2-13/h3-6,8-11,13H,1-2,7H2/t3-,4-,5-,6-/m1/s1. The lowest BCUT2D eigenvalue weighted by atomic mass is 10.0. The number of rotatable bonds is 6. The molecule has 0 amide bonds. The maximum atomic E-state index is 9.19. The quantitative estimate of drug-likeness (QED) is 0.210. The molecule has 0 aliphatic heterocycles. The van der Waals surface area contributed by atoms with Gasteiger partial charge in [0.1, 0.15) is 18.3 Å². The van der Waals surface area contributed by atoms with E-state index in [9.17, 15) is 10.2 Å². The van der Waals surface area contributed by atoms with E-state index < -0.39 is 24.4 Å². The monoisotopic (exact) mass is 213 g/mol. The SMILES string of the molecule is NOC[C@@H](O)[C@@H](O)[C@H](O)[C@H](O)CS. The van der Waals surface area contributed by atoms with Crippen molar-refractivity contribution in [3.63, 3.8) is 0 Å². The van der Waals surface area contributed by atoms with E-state index in [1.54, 1.807) is 0 Å². The Bertz CT molecular complexity index is 138. The van der Waals surface area contributed by atoms with E-state index in [2.05, 4.69) is 23.4 Å². The molecule has 0 saturated heterocycles. The summed E-state index contributed by atoms with van der Waals surface area (Å²) in [5, 5.41) is 36.5. The van der Waals surface area contributed by atoms with Gasteiger partial charge in [-0.3, -0.25) is 0 Å². The molecule has 0 rings (SSSR count). The minimum Gasteiger partial charge on any atom is -0.389 e. The van der Waals surface area contributed by atoms with Crippen molar-refractivity contribution < 1.29 is 25.3 Å². The smallest absolute Gasteiger partial charge is 0.111 e. The van der Waals surface area contributed by atoms with E-state index in [1.807, 2.05) is 0 Å². The highest BCUT2D eigenvalue weighted by Crippen LogP contribution is 2.06. The Balaban J connectivity index is 3.99. The molecule has 0 radical (unpaired) electrons. The van der Waals surface area contributed by atoms with Crippen LogP contribution in [0.5, 0.6) is 0 Å². The van der Waals surface area contributed by atoms with Crippen molar-refractivity contribution in [2.75, 3.05) is 12.4 Å². The molecule has 0 aromatic heterocycles. The van der Waals surface area contributed by atoms with Crippen molar-refractivity contribution >= 4 is 12.6 Å². The molecular formula is C6H15NO5S. The van der Waals surface area contributed by atoms with Crippen LogP contribution in [0.3, 0.4) is 0 Å². The van der Waals surface area contributed by atoms with E-state index >= 15 is 0 Å². The second-order valence-corrected chi connectivity index (χ2v) is 3.00. The Morgan fingerprint density at radius 1 is 1.08 bits per heavy atom. The summed E-state index contributed by atoms with van der Waals surface area (Å²) in [6, 6.07) is 0. The summed E-state index contributed by atoms with van der Waals surface area (Å²) in [7, 11) is 0. The molecule has 6 nitrogen and oxygen atoms in total. The van der Waals surface area contributed by atoms with Crippen LogP contribution in [0.2, 0.25) is 0 Å². The van der Waals surface area contributed by atoms with Crippen molar-refractivity contribution in [3.05, 3.63) is 0 Å². The van der Waals surface area contributed by atoms with Crippen molar-refractivity contribution in [3.8, 4) is 0 Å². The van der Waals surface area contributed by atoms with Gasteiger partial charge >= 0.3 is 0 Å². The molecule has 0 aromatic rings. The summed E-state index contributed by atoms with van der Waals surface area (Å²) in [6.07, 6.45) is -5.52. The molecule has 0 heterocycles. The highest BCUT2D eigenvalue weighted by atomic mass is 32.1. The van der Waals surface area contributed by atoms with Gasteiger partial charge in [0.2, 0.25) is 0 Å². The molecule has 80 valence electrons. The summed E-state index contributed by atoms with van der Waals surface area (Å²) < 4.78 is 0. The average molecular weight is 213 g/mol. The second-order valence-electron chi connectivity index (χ2n) is 2.63. The molecule has 0 fully saturated rings. The largest absolute Gasteiger partial charge is 0.389 e. The van der Waals surface area contributed by atoms with E-state index in [-0.39, 0.29) is 12.4 Å². The molecule has 0 spiro atoms. The zero-order valence-electron chi connectivity index (χ0n) is 6.95. The first-order valence-corrected chi connectivity index (χ1v) is 4.32. The first-order chi connectivity index (χ1) is 6.04. The topological polar surface area (TPSA) is 116 Å². The van der Waals surface area contributed by atoms with Crippen molar-refractivity contribution in [1.82, 2.24) is 0 Å². The average Bonchev–Trinajstić information content (AvgIpc) is 2.14. The highest BCUT2D eigenvalue weighted by molar-refractivity contribution is 7.80. The fraction of sp³-hybridized carbons (Fsp3) is 1.00. The number of nitrogens with two attached hydrogens (primary N) is 1. The van der Waals surface area contributed by atoms with Gasteiger partial charge in [0.15, 0.2) is 0 Å². The van der Waals surface area contributed by atoms with Gasteiger partial charge in [0.25, 0.3) is 0 Å². The van der Waals surface area contributed by atoms with E-state index in [0.717, 1.165) is 0 Å². The van der Waals surface area contributed by atoms with Crippen molar-refractivity contribution in [2.45, 2.75) is 24.4 Å². The lowest BCUT2D eigenvalue weighted by Gasteiger charge is -2.24. The number of hydrogen-bond acceptors (Lipinski definition) is 7. The minimum atomic E-state index is -1.51. The van der Waals surface area contributed by atoms with Crippen LogP contribution in [0.4, 0.5) is 0 Å². The predicted octanol–water partition coefficient (Wildman–Crippen LogP) is -2.75. The second kappa shape index (κ2) is 6.55. The molecule has 13 heavy (non-hydrogen) atoms. The fourth-order valence-corrected chi connectivity index (χ4v) is 0.976. The van der Waals surface area contributed by atoms with Crippen LogP contribution in [0.1, 0.15) is 0 Å². The Morgan fingerprint density at radius 3 is 1.92 bits per heavy atom. The van der Waals surface area contributed by atoms with Crippen LogP contribution in [-0.2, 0) is 4.84 Å². The molecule has 0 aliphatic carbocycles. The zero-order valence-corrected chi connectivity index (χ0v) is 7.84. The van der Waals surface area contributed by atoms with Crippen LogP contribution in [0, 0.1) is 0 Å². The van der Waals surface area contributed by atoms with Crippen LogP contribution >= 0.6 is 12.6 Å². The zero-order chi connectivity index (χ0) is 10.4. The van der Waals surface area contributed by atoms with Crippen LogP contribution < -0.4 is 5.90 Å². The third-order valence-corrected chi connectivity index (χ3v) is 1.97. The number of hydrogen-bond donors (Lipinski definition) is 6. The summed E-state index contributed by atoms with van der Waals surface area (Å²) in [5.41, 5.74) is 0. The van der Waals surface area contributed by atoms with Gasteiger partial charge in [-0.1, -0.05) is 0 Å². The third-order valence-electron chi connectivity index (χ3n) is 1.59. The molecule has 0 aliphatic rings. The lowest BCUT2D eigenvalue weighted by molar-refractivity contribution is -0.117. The lowest BCUT2D eigenvalue weighted by Crippen LogP contribution is -2.47. The van der Waals surface area contributed by atoms with Gasteiger partial charge in [0, 0.05) is 5.75 Å². The molecule has 0 bridgehead atoms. The molecule has 0 saturated carbocycles. The minimum absolute atomic E-state index is 0.0194. The van der Waals surface area contributed by atoms with E-state index in [0.29, 0.717) is 0 Å². The number of aliphatic hydroxyl groups excluding tert-OH is 4. The predicted molar refractivity (Wildman–Crippen MR) is 48.0 cm³/mol. The first-order valence-electron chi connectivity index (χ1n) is 3.69. The molecule has 7 heteroatoms. The Morgan fingerprint density at radius 2 is 1.54 bits per heavy atom. The molecule has 6 N–H and O–H groups in total. The highest BCUT2D eigenvalue weighted by Gasteiger charge is 2.29. The summed E-state index contributed by atoms with van der Waals surface area (Å²) in [6.45, 7) is -0.322. The van der Waals surface area contributed by atoms with Crippen molar-refractivity contribution in [2.24, 2.45) is 5.90 Å². The van der Waals surface area contributed by atoms with Crippen molar-refractivity contribution in [1.29, 1.82) is 0 Å². The number of thiol groups is 1. The molecular weight excluding hydrogens is 198 g/mol. The Kier molecular flexibility index (Phi) is 6.60. The molecule has 0 aromatic carbocycles. The Hall–Kier alpha value is 0.110. The van der Waals surface area contributed by atoms with Gasteiger partial charge in [-0.05, 0) is 0 Å². The van der Waals surface area contributed by atoms with Crippen LogP contribution in [-0.4, -0.2) is 57.2 Å². The van der Waals surface area contributed by atoms with E-state index in [4.69, 9.17) is 10.2 Å². The fourth-order valence-electron chi connectivity index (χ4n) is 0.760. The maximum Gasteiger partial charge on any atom is 0.111 e. The molecule has 0 unspecified atom stereocenters. The summed E-state index contributed by atoms with van der Waals surface area (Å²) in [5.74, 6) is 4.63. The van der Waals surface area contributed by atoms with Crippen LogP contribution in [0.15, 0.2) is 0 Å². The Labute approximate surface area is 81.3 Å². The summed E-state index contributed by atoms with van der Waals surface area (Å²) in [4.78, 5) is 4.07. The molecule has 4 atom stereocenters. The normalized spacial score (nSPS) is 20.8. The summed E-state index contributed by atoms with van der Waals surface area (Å²) >= 11 is 3.71. The number of aliphatic hydroxyl groups is 4. The maximum absolute atomic E-state index is 9.19. The first kappa shape index (κ1) is 13.1. The van der Waals surface area contributed by atoms with E-state index in [1.165, 1.54) is 0 Å². The van der Waals surface area contributed by atoms with Gasteiger partial charge in [-0.2, -0.15) is 12.6 Å². The van der Waals surface area contributed by atoms with Gasteiger partial charge < -0.3 is 25.3 Å². The van der Waals surface area contributed by atoms with Gasteiger partial charge in [-0.15, -0.1) is 0 Å². The van der Waals surface area contributed by atoms with Gasteiger partial charge in [0.05, 0.1) is 12.7 Å². The van der Waals surface area contributed by atoms with Crippen LogP contribution in [0.25, 0.3) is 0 Å². The van der Waals surface area contributed by atoms with Gasteiger partial charge in [-0.25, -0.2) is 5.90 Å².